The van der Waals surface area contributed by atoms with E-state index in [1.165, 1.54) is 6.33 Å². The minimum absolute atomic E-state index is 0.517. The molecule has 6 heteroatoms. The molecular formula is C9H12N6. The molecule has 0 saturated carbocycles. The minimum atomic E-state index is 0.517. The number of nitrogens with two attached hydrogens (primary N) is 1. The highest BCUT2D eigenvalue weighted by molar-refractivity contribution is 5.63. The highest BCUT2D eigenvalue weighted by atomic mass is 15.4. The van der Waals surface area contributed by atoms with Gasteiger partial charge in [-0.1, -0.05) is 12.1 Å². The van der Waals surface area contributed by atoms with E-state index in [-0.39, 0.29) is 0 Å². The lowest BCUT2D eigenvalue weighted by molar-refractivity contribution is 0.718. The van der Waals surface area contributed by atoms with E-state index in [4.69, 9.17) is 5.73 Å². The minimum Gasteiger partial charge on any atom is -0.383 e. The fourth-order valence-corrected chi connectivity index (χ4v) is 1.50. The topological polar surface area (TPSA) is 82.5 Å². The van der Waals surface area contributed by atoms with E-state index in [0.29, 0.717) is 5.82 Å². The molecule has 6 nitrogen and oxygen atoms in total. The smallest absolute Gasteiger partial charge is 0.130 e. The average Bonchev–Trinajstić information content (AvgIpc) is 2.64. The molecule has 0 radical (unpaired) electrons. The normalized spacial score (nSPS) is 10.5. The third kappa shape index (κ3) is 1.54. The monoisotopic (exact) mass is 204 g/mol. The molecule has 2 aromatic rings. The van der Waals surface area contributed by atoms with Crippen molar-refractivity contribution in [2.75, 3.05) is 5.73 Å². The third-order valence-corrected chi connectivity index (χ3v) is 2.29. The molecule has 0 aromatic carbocycles. The number of anilines is 1. The lowest BCUT2D eigenvalue weighted by atomic mass is 10.1. The SMILES string of the molecule is CCc1c(N)ncnc1-c1cnnn1C. The van der Waals surface area contributed by atoms with Crippen molar-refractivity contribution in [1.29, 1.82) is 0 Å². The van der Waals surface area contributed by atoms with Crippen LogP contribution in [0.25, 0.3) is 11.4 Å². The summed E-state index contributed by atoms with van der Waals surface area (Å²) in [5.74, 6) is 0.517. The van der Waals surface area contributed by atoms with Crippen LogP contribution in [-0.2, 0) is 13.5 Å². The number of hydrogen-bond donors (Lipinski definition) is 1. The number of rotatable bonds is 2. The molecule has 2 aromatic heterocycles. The number of hydrogen-bond acceptors (Lipinski definition) is 5. The van der Waals surface area contributed by atoms with Crippen LogP contribution >= 0.6 is 0 Å². The molecule has 0 saturated heterocycles. The number of aryl methyl sites for hydroxylation is 1. The van der Waals surface area contributed by atoms with E-state index in [0.717, 1.165) is 23.4 Å². The summed E-state index contributed by atoms with van der Waals surface area (Å²) in [7, 11) is 1.82. The van der Waals surface area contributed by atoms with Crippen LogP contribution in [0.2, 0.25) is 0 Å². The van der Waals surface area contributed by atoms with Gasteiger partial charge >= 0.3 is 0 Å². The van der Waals surface area contributed by atoms with Gasteiger partial charge in [0.2, 0.25) is 0 Å². The summed E-state index contributed by atoms with van der Waals surface area (Å²) < 4.78 is 1.67. The van der Waals surface area contributed by atoms with Gasteiger partial charge in [0.05, 0.1) is 11.9 Å². The molecular weight excluding hydrogens is 192 g/mol. The molecule has 0 aliphatic rings. The predicted octanol–water partition coefficient (Wildman–Crippen LogP) is 0.417. The Morgan fingerprint density at radius 2 is 2.20 bits per heavy atom. The molecule has 2 heterocycles. The van der Waals surface area contributed by atoms with Crippen molar-refractivity contribution in [2.24, 2.45) is 7.05 Å². The summed E-state index contributed by atoms with van der Waals surface area (Å²) in [5, 5.41) is 7.68. The van der Waals surface area contributed by atoms with Crippen LogP contribution in [0.4, 0.5) is 5.82 Å². The van der Waals surface area contributed by atoms with Crippen LogP contribution in [0.3, 0.4) is 0 Å². The Morgan fingerprint density at radius 3 is 2.80 bits per heavy atom. The van der Waals surface area contributed by atoms with E-state index in [1.54, 1.807) is 10.9 Å². The van der Waals surface area contributed by atoms with E-state index in [9.17, 15) is 0 Å². The first-order chi connectivity index (χ1) is 7.24. The van der Waals surface area contributed by atoms with Crippen molar-refractivity contribution in [1.82, 2.24) is 25.0 Å². The molecule has 0 amide bonds. The summed E-state index contributed by atoms with van der Waals surface area (Å²) in [5.41, 5.74) is 8.37. The Morgan fingerprint density at radius 1 is 1.40 bits per heavy atom. The van der Waals surface area contributed by atoms with Gasteiger partial charge in [-0.05, 0) is 6.42 Å². The highest BCUT2D eigenvalue weighted by Crippen LogP contribution is 2.22. The molecule has 2 rings (SSSR count). The van der Waals surface area contributed by atoms with Crippen LogP contribution in [0, 0.1) is 0 Å². The first kappa shape index (κ1) is 9.57. The van der Waals surface area contributed by atoms with Crippen molar-refractivity contribution in [3.8, 4) is 11.4 Å². The maximum atomic E-state index is 5.79. The number of nitrogens with zero attached hydrogens (tertiary/aromatic N) is 5. The van der Waals surface area contributed by atoms with Crippen LogP contribution in [0.15, 0.2) is 12.5 Å². The molecule has 0 unspecified atom stereocenters. The first-order valence-corrected chi connectivity index (χ1v) is 4.68. The fraction of sp³-hybridized carbons (Fsp3) is 0.333. The third-order valence-electron chi connectivity index (χ3n) is 2.29. The van der Waals surface area contributed by atoms with E-state index in [2.05, 4.69) is 20.3 Å². The summed E-state index contributed by atoms with van der Waals surface area (Å²) in [6.07, 6.45) is 3.91. The molecule has 0 aliphatic heterocycles. The lowest BCUT2D eigenvalue weighted by Crippen LogP contribution is -2.04. The lowest BCUT2D eigenvalue weighted by Gasteiger charge is -2.07. The number of nitrogen functional groups attached to an aromatic ring is 1. The van der Waals surface area contributed by atoms with Gasteiger partial charge in [0.15, 0.2) is 0 Å². The summed E-state index contributed by atoms with van der Waals surface area (Å²) in [6.45, 7) is 2.02. The standard InChI is InChI=1S/C9H12N6/c1-3-6-8(11-5-12-9(6)10)7-4-13-14-15(7)2/h4-5H,3H2,1-2H3,(H2,10,11,12). The second kappa shape index (κ2) is 3.64. The Hall–Kier alpha value is -1.98. The molecule has 78 valence electrons. The van der Waals surface area contributed by atoms with Gasteiger partial charge in [-0.3, -0.25) is 0 Å². The van der Waals surface area contributed by atoms with Crippen LogP contribution in [0.1, 0.15) is 12.5 Å². The van der Waals surface area contributed by atoms with Crippen molar-refractivity contribution < 1.29 is 0 Å². The Labute approximate surface area is 87.2 Å². The van der Waals surface area contributed by atoms with Crippen molar-refractivity contribution in [2.45, 2.75) is 13.3 Å². The van der Waals surface area contributed by atoms with Crippen molar-refractivity contribution >= 4 is 5.82 Å². The van der Waals surface area contributed by atoms with E-state index >= 15 is 0 Å². The van der Waals surface area contributed by atoms with Gasteiger partial charge in [-0.25, -0.2) is 14.6 Å². The summed E-state index contributed by atoms with van der Waals surface area (Å²) >= 11 is 0. The zero-order valence-corrected chi connectivity index (χ0v) is 8.68. The van der Waals surface area contributed by atoms with Gasteiger partial charge in [-0.2, -0.15) is 0 Å². The second-order valence-corrected chi connectivity index (χ2v) is 3.18. The van der Waals surface area contributed by atoms with Gasteiger partial charge in [0.1, 0.15) is 17.8 Å². The molecule has 0 aliphatic carbocycles. The Bertz CT molecular complexity index is 475. The molecule has 0 fully saturated rings. The fourth-order valence-electron chi connectivity index (χ4n) is 1.50. The van der Waals surface area contributed by atoms with E-state index in [1.807, 2.05) is 14.0 Å². The van der Waals surface area contributed by atoms with Crippen LogP contribution in [0.5, 0.6) is 0 Å². The van der Waals surface area contributed by atoms with E-state index < -0.39 is 0 Å². The van der Waals surface area contributed by atoms with Crippen molar-refractivity contribution in [3.05, 3.63) is 18.1 Å². The predicted molar refractivity (Wildman–Crippen MR) is 55.8 cm³/mol. The van der Waals surface area contributed by atoms with Gasteiger partial charge < -0.3 is 5.73 Å². The molecule has 0 spiro atoms. The average molecular weight is 204 g/mol. The highest BCUT2D eigenvalue weighted by Gasteiger charge is 2.12. The summed E-state index contributed by atoms with van der Waals surface area (Å²) in [6, 6.07) is 0. The maximum Gasteiger partial charge on any atom is 0.130 e. The maximum absolute atomic E-state index is 5.79. The largest absolute Gasteiger partial charge is 0.383 e. The van der Waals surface area contributed by atoms with Gasteiger partial charge in [0, 0.05) is 12.6 Å². The molecule has 0 bridgehead atoms. The Kier molecular flexibility index (Phi) is 2.32. The Balaban J connectivity index is 2.63. The van der Waals surface area contributed by atoms with Gasteiger partial charge in [0.25, 0.3) is 0 Å². The zero-order valence-electron chi connectivity index (χ0n) is 8.68. The molecule has 15 heavy (non-hydrogen) atoms. The first-order valence-electron chi connectivity index (χ1n) is 4.68. The number of aromatic nitrogens is 5. The molecule has 0 atom stereocenters. The van der Waals surface area contributed by atoms with Crippen LogP contribution in [-0.4, -0.2) is 25.0 Å². The van der Waals surface area contributed by atoms with Crippen molar-refractivity contribution in [3.63, 3.8) is 0 Å². The van der Waals surface area contributed by atoms with Gasteiger partial charge in [-0.15, -0.1) is 5.10 Å². The van der Waals surface area contributed by atoms with Crippen LogP contribution < -0.4 is 5.73 Å². The summed E-state index contributed by atoms with van der Waals surface area (Å²) in [4.78, 5) is 8.19. The second-order valence-electron chi connectivity index (χ2n) is 3.18. The zero-order chi connectivity index (χ0) is 10.8. The molecule has 2 N–H and O–H groups in total. The quantitative estimate of drug-likeness (QED) is 0.766.